The van der Waals surface area contributed by atoms with Gasteiger partial charge in [-0.3, -0.25) is 4.79 Å². The van der Waals surface area contributed by atoms with Crippen LogP contribution in [-0.2, 0) is 4.79 Å². The number of carbonyl (C=O) groups excluding carboxylic acids is 1. The highest BCUT2D eigenvalue weighted by Gasteiger charge is 2.31. The van der Waals surface area contributed by atoms with Crippen molar-refractivity contribution in [3.63, 3.8) is 0 Å². The lowest BCUT2D eigenvalue weighted by atomic mass is 9.88. The Balaban J connectivity index is 1.85. The van der Waals surface area contributed by atoms with E-state index in [1.807, 2.05) is 13.8 Å². The zero-order valence-corrected chi connectivity index (χ0v) is 15.0. The molecule has 134 valence electrons. The molecule has 0 spiro atoms. The molecule has 24 heavy (non-hydrogen) atoms. The molecule has 1 aromatic carbocycles. The molecule has 1 unspecified atom stereocenters. The van der Waals surface area contributed by atoms with Gasteiger partial charge < -0.3 is 14.8 Å². The summed E-state index contributed by atoms with van der Waals surface area (Å²) >= 11 is 0. The molecular formula is C19H28FNO3. The van der Waals surface area contributed by atoms with E-state index >= 15 is 0 Å². The number of hydrogen-bond acceptors (Lipinski definition) is 4. The number of carbonyl (C=O) groups is 1. The number of nitrogens with one attached hydrogen (secondary N) is 1. The maximum absolute atomic E-state index is 13.7. The fraction of sp³-hybridized carbons (Fsp3) is 0.632. The van der Waals surface area contributed by atoms with Crippen LogP contribution in [0.25, 0.3) is 0 Å². The minimum absolute atomic E-state index is 0.0142. The van der Waals surface area contributed by atoms with Crippen LogP contribution in [0.15, 0.2) is 18.2 Å². The lowest BCUT2D eigenvalue weighted by Crippen LogP contribution is -2.49. The molecule has 1 aliphatic rings. The second-order valence-electron chi connectivity index (χ2n) is 6.92. The van der Waals surface area contributed by atoms with E-state index in [4.69, 9.17) is 9.47 Å². The van der Waals surface area contributed by atoms with E-state index in [0.29, 0.717) is 23.6 Å². The number of Topliss-reactive ketones (excluding diaryl/α,β-unsaturated/α-hetero) is 1. The van der Waals surface area contributed by atoms with Gasteiger partial charge in [-0.05, 0) is 26.2 Å². The van der Waals surface area contributed by atoms with Crippen LogP contribution in [0, 0.1) is 11.7 Å². The molecule has 4 nitrogen and oxygen atoms in total. The van der Waals surface area contributed by atoms with Crippen molar-refractivity contribution in [2.75, 3.05) is 6.61 Å². The molecule has 1 atom stereocenters. The minimum Gasteiger partial charge on any atom is -0.490 e. The summed E-state index contributed by atoms with van der Waals surface area (Å²) in [6, 6.07) is 5.24. The molecular weight excluding hydrogens is 309 g/mol. The van der Waals surface area contributed by atoms with Gasteiger partial charge in [-0.2, -0.15) is 0 Å². The van der Waals surface area contributed by atoms with Crippen LogP contribution < -0.4 is 14.8 Å². The van der Waals surface area contributed by atoms with E-state index in [9.17, 15) is 9.18 Å². The van der Waals surface area contributed by atoms with Gasteiger partial charge in [0.25, 0.3) is 0 Å². The van der Waals surface area contributed by atoms with Gasteiger partial charge in [0, 0.05) is 36.2 Å². The summed E-state index contributed by atoms with van der Waals surface area (Å²) in [5.41, 5.74) is 0. The Morgan fingerprint density at radius 2 is 1.92 bits per heavy atom. The third-order valence-corrected chi connectivity index (χ3v) is 4.40. The largest absolute Gasteiger partial charge is 0.490 e. The first-order chi connectivity index (χ1) is 11.4. The van der Waals surface area contributed by atoms with Crippen molar-refractivity contribution in [1.82, 2.24) is 5.32 Å². The van der Waals surface area contributed by atoms with E-state index in [1.54, 1.807) is 6.07 Å². The van der Waals surface area contributed by atoms with Crippen molar-refractivity contribution >= 4 is 5.78 Å². The zero-order valence-electron chi connectivity index (χ0n) is 15.0. The van der Waals surface area contributed by atoms with Crippen molar-refractivity contribution in [1.29, 1.82) is 0 Å². The summed E-state index contributed by atoms with van der Waals surface area (Å²) < 4.78 is 24.9. The summed E-state index contributed by atoms with van der Waals surface area (Å²) in [6.45, 7) is 7.90. The normalized spacial score (nSPS) is 21.2. The van der Waals surface area contributed by atoms with Gasteiger partial charge in [-0.1, -0.05) is 20.8 Å². The van der Waals surface area contributed by atoms with Gasteiger partial charge in [0.1, 0.15) is 30.0 Å². The highest BCUT2D eigenvalue weighted by Crippen LogP contribution is 2.29. The first kappa shape index (κ1) is 18.7. The third-order valence-electron chi connectivity index (χ3n) is 4.40. The van der Waals surface area contributed by atoms with E-state index in [2.05, 4.69) is 19.2 Å². The van der Waals surface area contributed by atoms with Crippen LogP contribution in [-0.4, -0.2) is 30.6 Å². The Hall–Kier alpha value is -1.62. The smallest absolute Gasteiger partial charge is 0.172 e. The van der Waals surface area contributed by atoms with Crippen molar-refractivity contribution in [2.45, 2.75) is 65.1 Å². The highest BCUT2D eigenvalue weighted by molar-refractivity contribution is 5.81. The average molecular weight is 337 g/mol. The fourth-order valence-electron chi connectivity index (χ4n) is 2.52. The fourth-order valence-corrected chi connectivity index (χ4v) is 2.52. The monoisotopic (exact) mass is 337 g/mol. The topological polar surface area (TPSA) is 47.6 Å². The van der Waals surface area contributed by atoms with Crippen LogP contribution in [0.4, 0.5) is 4.39 Å². The predicted molar refractivity (Wildman–Crippen MR) is 92.1 cm³/mol. The number of hydrogen-bond donors (Lipinski definition) is 1. The Kier molecular flexibility index (Phi) is 6.60. The van der Waals surface area contributed by atoms with E-state index < -0.39 is 5.82 Å². The summed E-state index contributed by atoms with van der Waals surface area (Å²) in [5, 5.41) is 3.53. The average Bonchev–Trinajstić information content (AvgIpc) is 2.49. The maximum atomic E-state index is 13.7. The molecule has 0 heterocycles. The highest BCUT2D eigenvalue weighted by atomic mass is 19.1. The molecule has 1 aromatic rings. The van der Waals surface area contributed by atoms with E-state index in [-0.39, 0.29) is 24.4 Å². The van der Waals surface area contributed by atoms with E-state index in [0.717, 1.165) is 19.3 Å². The minimum atomic E-state index is -0.423. The van der Waals surface area contributed by atoms with Crippen LogP contribution in [0.5, 0.6) is 11.5 Å². The van der Waals surface area contributed by atoms with Gasteiger partial charge in [-0.25, -0.2) is 4.39 Å². The second-order valence-corrected chi connectivity index (χ2v) is 6.92. The quantitative estimate of drug-likeness (QED) is 0.746. The standard InChI is InChI=1S/C19H28FNO3/c1-5-13(4)21-15-8-18(9-15)24-17-7-14(20)6-16(10-17)23-11-19(22)12(2)3/h6-7,10,12-13,15,18,21H,5,8-9,11H2,1-4H3. The summed E-state index contributed by atoms with van der Waals surface area (Å²) in [5.74, 6) is 0.244. The van der Waals surface area contributed by atoms with Crippen molar-refractivity contribution in [3.8, 4) is 11.5 Å². The number of benzene rings is 1. The molecule has 1 N–H and O–H groups in total. The number of ether oxygens (including phenoxy) is 2. The summed E-state index contributed by atoms with van der Waals surface area (Å²) in [7, 11) is 0. The third kappa shape index (κ3) is 5.48. The lowest BCUT2D eigenvalue weighted by molar-refractivity contribution is -0.123. The first-order valence-electron chi connectivity index (χ1n) is 8.76. The Labute approximate surface area is 143 Å². The van der Waals surface area contributed by atoms with Gasteiger partial charge >= 0.3 is 0 Å². The molecule has 1 aliphatic carbocycles. The number of halogens is 1. The Morgan fingerprint density at radius 1 is 1.25 bits per heavy atom. The van der Waals surface area contributed by atoms with Crippen LogP contribution in [0.2, 0.25) is 0 Å². The molecule has 2 rings (SSSR count). The summed E-state index contributed by atoms with van der Waals surface area (Å²) in [4.78, 5) is 11.6. The molecule has 0 bridgehead atoms. The second kappa shape index (κ2) is 8.47. The van der Waals surface area contributed by atoms with Gasteiger partial charge in [0.2, 0.25) is 0 Å². The summed E-state index contributed by atoms with van der Waals surface area (Å²) in [6.07, 6.45) is 3.03. The van der Waals surface area contributed by atoms with Crippen LogP contribution >= 0.6 is 0 Å². The molecule has 0 amide bonds. The van der Waals surface area contributed by atoms with Crippen molar-refractivity contribution in [3.05, 3.63) is 24.0 Å². The first-order valence-corrected chi connectivity index (χ1v) is 8.76. The molecule has 0 aliphatic heterocycles. The predicted octanol–water partition coefficient (Wildman–Crippen LogP) is 3.73. The molecule has 0 saturated heterocycles. The number of ketones is 1. The Bertz CT molecular complexity index is 556. The number of rotatable bonds is 9. The van der Waals surface area contributed by atoms with Crippen molar-refractivity contribution in [2.24, 2.45) is 5.92 Å². The van der Waals surface area contributed by atoms with Crippen LogP contribution in [0.3, 0.4) is 0 Å². The SMILES string of the molecule is CCC(C)NC1CC(Oc2cc(F)cc(OCC(=O)C(C)C)c2)C1. The molecule has 5 heteroatoms. The van der Waals surface area contributed by atoms with Gasteiger partial charge in [0.05, 0.1) is 0 Å². The molecule has 0 radical (unpaired) electrons. The lowest BCUT2D eigenvalue weighted by Gasteiger charge is -2.37. The van der Waals surface area contributed by atoms with Crippen LogP contribution in [0.1, 0.15) is 47.0 Å². The van der Waals surface area contributed by atoms with Gasteiger partial charge in [0.15, 0.2) is 5.78 Å². The molecule has 1 fully saturated rings. The maximum Gasteiger partial charge on any atom is 0.172 e. The zero-order chi connectivity index (χ0) is 17.7. The van der Waals surface area contributed by atoms with Crippen molar-refractivity contribution < 1.29 is 18.7 Å². The molecule has 1 saturated carbocycles. The molecule has 0 aromatic heterocycles. The Morgan fingerprint density at radius 3 is 2.54 bits per heavy atom. The van der Waals surface area contributed by atoms with Gasteiger partial charge in [-0.15, -0.1) is 0 Å². The van der Waals surface area contributed by atoms with E-state index in [1.165, 1.54) is 12.1 Å².